The lowest BCUT2D eigenvalue weighted by molar-refractivity contribution is -0.115. The van der Waals surface area contributed by atoms with Crippen LogP contribution in [-0.4, -0.2) is 5.91 Å². The van der Waals surface area contributed by atoms with E-state index in [1.54, 1.807) is 0 Å². The SMILES string of the molecule is CCC(=O)Nc1cc(C)ccc1Br. The zero-order valence-corrected chi connectivity index (χ0v) is 9.31. The summed E-state index contributed by atoms with van der Waals surface area (Å²) in [6.07, 6.45) is 0.500. The summed E-state index contributed by atoms with van der Waals surface area (Å²) in [5, 5.41) is 2.81. The number of aryl methyl sites for hydroxylation is 1. The first-order valence-corrected chi connectivity index (χ1v) is 4.98. The summed E-state index contributed by atoms with van der Waals surface area (Å²) in [6.45, 7) is 3.83. The molecule has 0 saturated heterocycles. The maximum absolute atomic E-state index is 11.1. The molecule has 1 aromatic carbocycles. The summed E-state index contributed by atoms with van der Waals surface area (Å²) in [5.74, 6) is 0.0336. The first-order chi connectivity index (χ1) is 6.13. The molecule has 0 bridgehead atoms. The van der Waals surface area contributed by atoms with Gasteiger partial charge in [0.15, 0.2) is 0 Å². The van der Waals surface area contributed by atoms with Gasteiger partial charge in [0, 0.05) is 10.9 Å². The lowest BCUT2D eigenvalue weighted by Gasteiger charge is -2.06. The van der Waals surface area contributed by atoms with Crippen molar-refractivity contribution >= 4 is 27.5 Å². The molecule has 0 aromatic heterocycles. The zero-order chi connectivity index (χ0) is 9.84. The first-order valence-electron chi connectivity index (χ1n) is 4.19. The molecule has 2 nitrogen and oxygen atoms in total. The Morgan fingerprint density at radius 3 is 2.85 bits per heavy atom. The van der Waals surface area contributed by atoms with E-state index in [4.69, 9.17) is 0 Å². The van der Waals surface area contributed by atoms with Gasteiger partial charge in [-0.15, -0.1) is 0 Å². The molecule has 0 atom stereocenters. The van der Waals surface area contributed by atoms with Crippen molar-refractivity contribution in [1.82, 2.24) is 0 Å². The number of carbonyl (C=O) groups is 1. The molecule has 3 heteroatoms. The second kappa shape index (κ2) is 4.42. The first kappa shape index (κ1) is 10.3. The van der Waals surface area contributed by atoms with Gasteiger partial charge in [-0.25, -0.2) is 0 Å². The third-order valence-electron chi connectivity index (χ3n) is 1.72. The van der Waals surface area contributed by atoms with Crippen LogP contribution in [0.25, 0.3) is 0 Å². The van der Waals surface area contributed by atoms with E-state index in [2.05, 4.69) is 21.2 Å². The van der Waals surface area contributed by atoms with Crippen molar-refractivity contribution in [2.24, 2.45) is 0 Å². The minimum Gasteiger partial charge on any atom is -0.325 e. The molecule has 1 amide bonds. The highest BCUT2D eigenvalue weighted by Crippen LogP contribution is 2.23. The van der Waals surface area contributed by atoms with Crippen molar-refractivity contribution in [3.8, 4) is 0 Å². The van der Waals surface area contributed by atoms with Crippen LogP contribution in [0.2, 0.25) is 0 Å². The predicted molar refractivity (Wildman–Crippen MR) is 57.8 cm³/mol. The summed E-state index contributed by atoms with van der Waals surface area (Å²) < 4.78 is 0.917. The highest BCUT2D eigenvalue weighted by Gasteiger charge is 2.02. The number of halogens is 1. The number of benzene rings is 1. The summed E-state index contributed by atoms with van der Waals surface area (Å²) in [5.41, 5.74) is 1.97. The molecule has 13 heavy (non-hydrogen) atoms. The number of carbonyl (C=O) groups excluding carboxylic acids is 1. The van der Waals surface area contributed by atoms with Crippen LogP contribution in [0.5, 0.6) is 0 Å². The Morgan fingerprint density at radius 1 is 1.54 bits per heavy atom. The van der Waals surface area contributed by atoms with Crippen molar-refractivity contribution in [2.45, 2.75) is 20.3 Å². The molecule has 1 rings (SSSR count). The van der Waals surface area contributed by atoms with Gasteiger partial charge in [0.1, 0.15) is 0 Å². The maximum atomic E-state index is 11.1. The van der Waals surface area contributed by atoms with Crippen LogP contribution in [0.1, 0.15) is 18.9 Å². The van der Waals surface area contributed by atoms with E-state index in [-0.39, 0.29) is 5.91 Å². The van der Waals surface area contributed by atoms with Crippen molar-refractivity contribution in [2.75, 3.05) is 5.32 Å². The van der Waals surface area contributed by atoms with Crippen LogP contribution in [0.15, 0.2) is 22.7 Å². The quantitative estimate of drug-likeness (QED) is 0.848. The molecule has 0 spiro atoms. The van der Waals surface area contributed by atoms with E-state index in [1.807, 2.05) is 32.0 Å². The Balaban J connectivity index is 2.87. The normalized spacial score (nSPS) is 9.77. The third kappa shape index (κ3) is 2.84. The molecule has 1 N–H and O–H groups in total. The van der Waals surface area contributed by atoms with Gasteiger partial charge in [-0.05, 0) is 40.5 Å². The van der Waals surface area contributed by atoms with Gasteiger partial charge in [-0.1, -0.05) is 13.0 Å². The third-order valence-corrected chi connectivity index (χ3v) is 2.41. The van der Waals surface area contributed by atoms with Gasteiger partial charge in [0.25, 0.3) is 0 Å². The topological polar surface area (TPSA) is 29.1 Å². The number of hydrogen-bond acceptors (Lipinski definition) is 1. The van der Waals surface area contributed by atoms with Crippen molar-refractivity contribution in [3.63, 3.8) is 0 Å². The van der Waals surface area contributed by atoms with E-state index in [0.29, 0.717) is 6.42 Å². The van der Waals surface area contributed by atoms with E-state index in [9.17, 15) is 4.79 Å². The Morgan fingerprint density at radius 2 is 2.23 bits per heavy atom. The Bertz CT molecular complexity index is 323. The second-order valence-electron chi connectivity index (χ2n) is 2.89. The molecule has 70 valence electrons. The number of nitrogens with one attached hydrogen (secondary N) is 1. The van der Waals surface area contributed by atoms with E-state index in [1.165, 1.54) is 0 Å². The molecule has 0 heterocycles. The molecular formula is C10H12BrNO. The molecule has 1 aromatic rings. The largest absolute Gasteiger partial charge is 0.325 e. The highest BCUT2D eigenvalue weighted by atomic mass is 79.9. The van der Waals surface area contributed by atoms with Crippen molar-refractivity contribution in [3.05, 3.63) is 28.2 Å². The number of anilines is 1. The summed E-state index contributed by atoms with van der Waals surface area (Å²) in [4.78, 5) is 11.1. The highest BCUT2D eigenvalue weighted by molar-refractivity contribution is 9.10. The smallest absolute Gasteiger partial charge is 0.224 e. The van der Waals surface area contributed by atoms with E-state index in [0.717, 1.165) is 15.7 Å². The monoisotopic (exact) mass is 241 g/mol. The minimum absolute atomic E-state index is 0.0336. The summed E-state index contributed by atoms with van der Waals surface area (Å²) in [6, 6.07) is 5.87. The fourth-order valence-corrected chi connectivity index (χ4v) is 1.32. The van der Waals surface area contributed by atoms with Crippen molar-refractivity contribution in [1.29, 1.82) is 0 Å². The second-order valence-corrected chi connectivity index (χ2v) is 3.74. The molecule has 0 aliphatic rings. The summed E-state index contributed by atoms with van der Waals surface area (Å²) >= 11 is 3.37. The van der Waals surface area contributed by atoms with Gasteiger partial charge in [0.2, 0.25) is 5.91 Å². The van der Waals surface area contributed by atoms with Gasteiger partial charge >= 0.3 is 0 Å². The lowest BCUT2D eigenvalue weighted by atomic mass is 10.2. The van der Waals surface area contributed by atoms with E-state index < -0.39 is 0 Å². The van der Waals surface area contributed by atoms with Crippen LogP contribution in [0.4, 0.5) is 5.69 Å². The van der Waals surface area contributed by atoms with Crippen LogP contribution >= 0.6 is 15.9 Å². The van der Waals surface area contributed by atoms with Gasteiger partial charge in [-0.2, -0.15) is 0 Å². The molecule has 0 saturated carbocycles. The van der Waals surface area contributed by atoms with Gasteiger partial charge in [-0.3, -0.25) is 4.79 Å². The maximum Gasteiger partial charge on any atom is 0.224 e. The molecule has 0 radical (unpaired) electrons. The number of rotatable bonds is 2. The Hall–Kier alpha value is -0.830. The van der Waals surface area contributed by atoms with Gasteiger partial charge in [0.05, 0.1) is 5.69 Å². The van der Waals surface area contributed by atoms with Crippen molar-refractivity contribution < 1.29 is 4.79 Å². The van der Waals surface area contributed by atoms with Crippen LogP contribution in [0, 0.1) is 6.92 Å². The van der Waals surface area contributed by atoms with Crippen LogP contribution in [0.3, 0.4) is 0 Å². The fourth-order valence-electron chi connectivity index (χ4n) is 0.973. The molecule has 0 unspecified atom stereocenters. The molecular weight excluding hydrogens is 230 g/mol. The Kier molecular flexibility index (Phi) is 3.48. The number of amides is 1. The van der Waals surface area contributed by atoms with Crippen LogP contribution < -0.4 is 5.32 Å². The molecule has 0 fully saturated rings. The predicted octanol–water partition coefficient (Wildman–Crippen LogP) is 3.11. The minimum atomic E-state index is 0.0336. The standard InChI is InChI=1S/C10H12BrNO/c1-3-10(13)12-9-6-7(2)4-5-8(9)11/h4-6H,3H2,1-2H3,(H,12,13). The van der Waals surface area contributed by atoms with E-state index >= 15 is 0 Å². The summed E-state index contributed by atoms with van der Waals surface area (Å²) in [7, 11) is 0. The number of hydrogen-bond donors (Lipinski definition) is 1. The zero-order valence-electron chi connectivity index (χ0n) is 7.73. The average molecular weight is 242 g/mol. The van der Waals surface area contributed by atoms with Crippen LogP contribution in [-0.2, 0) is 4.79 Å². The lowest BCUT2D eigenvalue weighted by Crippen LogP contribution is -2.09. The Labute approximate surface area is 86.5 Å². The average Bonchev–Trinajstić information content (AvgIpc) is 2.11. The van der Waals surface area contributed by atoms with Gasteiger partial charge < -0.3 is 5.32 Å². The fraction of sp³-hybridized carbons (Fsp3) is 0.300. The molecule has 0 aliphatic heterocycles. The molecule has 0 aliphatic carbocycles.